The lowest BCUT2D eigenvalue weighted by Gasteiger charge is -2.48. The number of anilines is 2. The third kappa shape index (κ3) is 4.36. The first-order valence-electron chi connectivity index (χ1n) is 12.3. The third-order valence-electron chi connectivity index (χ3n) is 7.05. The predicted molar refractivity (Wildman–Crippen MR) is 140 cm³/mol. The Labute approximate surface area is 217 Å². The molecular formula is C25H28N8O3S. The number of nitrogens with one attached hydrogen (secondary N) is 2. The number of hydrogen-bond acceptors (Lipinski definition) is 8. The Morgan fingerprint density at radius 2 is 2.03 bits per heavy atom. The minimum atomic E-state index is -0.299. The maximum absolute atomic E-state index is 13.2. The highest BCUT2D eigenvalue weighted by molar-refractivity contribution is 7.21. The van der Waals surface area contributed by atoms with Crippen molar-refractivity contribution in [2.45, 2.75) is 45.7 Å². The van der Waals surface area contributed by atoms with Crippen molar-refractivity contribution in [1.82, 2.24) is 29.3 Å². The highest BCUT2D eigenvalue weighted by Crippen LogP contribution is 2.37. The number of thiazole rings is 1. The SMILES string of the molecule is Cc1ncc(NC(=O)CN2CCC2(C)C)cc1NC(=O)c1cnn2cc(-c3cnn4c3OCCC4)sc12. The van der Waals surface area contributed by atoms with Gasteiger partial charge in [0.25, 0.3) is 5.91 Å². The quantitative estimate of drug-likeness (QED) is 0.400. The van der Waals surface area contributed by atoms with Crippen LogP contribution >= 0.6 is 11.3 Å². The van der Waals surface area contributed by atoms with Gasteiger partial charge in [-0.3, -0.25) is 19.5 Å². The van der Waals surface area contributed by atoms with Gasteiger partial charge >= 0.3 is 0 Å². The molecule has 1 saturated heterocycles. The Kier molecular flexibility index (Phi) is 5.72. The fraction of sp³-hybridized carbons (Fsp3) is 0.400. The van der Waals surface area contributed by atoms with Gasteiger partial charge in [0.1, 0.15) is 4.83 Å². The molecule has 6 rings (SSSR count). The number of carbonyl (C=O) groups excluding carboxylic acids is 2. The van der Waals surface area contributed by atoms with E-state index in [1.54, 1.807) is 29.2 Å². The van der Waals surface area contributed by atoms with E-state index in [1.165, 1.54) is 11.3 Å². The number of rotatable bonds is 6. The molecule has 0 spiro atoms. The smallest absolute Gasteiger partial charge is 0.260 e. The molecule has 0 atom stereocenters. The standard InChI is InChI=1S/C25H28N8O3S/c1-15-19(9-16(10-26-15)29-21(34)14-31-7-5-25(31,2)3)30-22(35)18-12-28-33-13-20(37-24(18)33)17-11-27-32-6-4-8-36-23(17)32/h9-13H,4-8,14H2,1-3H3,(H,29,34)(H,30,35). The molecule has 6 heterocycles. The molecule has 0 aliphatic carbocycles. The summed E-state index contributed by atoms with van der Waals surface area (Å²) in [5, 5.41) is 14.6. The predicted octanol–water partition coefficient (Wildman–Crippen LogP) is 3.42. The zero-order valence-electron chi connectivity index (χ0n) is 20.9. The van der Waals surface area contributed by atoms with Crippen molar-refractivity contribution in [3.8, 4) is 16.3 Å². The Hall–Kier alpha value is -3.77. The molecule has 4 aromatic rings. The van der Waals surface area contributed by atoms with Crippen LogP contribution in [0.2, 0.25) is 0 Å². The number of fused-ring (bicyclic) bond motifs is 2. The fourth-order valence-corrected chi connectivity index (χ4v) is 5.67. The van der Waals surface area contributed by atoms with Crippen LogP contribution in [-0.2, 0) is 11.3 Å². The fourth-order valence-electron chi connectivity index (χ4n) is 4.61. The number of pyridine rings is 1. The maximum atomic E-state index is 13.2. The zero-order valence-corrected chi connectivity index (χ0v) is 21.8. The molecule has 1 fully saturated rings. The maximum Gasteiger partial charge on any atom is 0.260 e. The van der Waals surface area contributed by atoms with E-state index < -0.39 is 0 Å². The molecule has 2 aliphatic heterocycles. The van der Waals surface area contributed by atoms with Gasteiger partial charge in [-0.05, 0) is 33.3 Å². The van der Waals surface area contributed by atoms with Crippen LogP contribution in [0.4, 0.5) is 11.4 Å². The topological polar surface area (TPSA) is 119 Å². The molecule has 0 radical (unpaired) electrons. The van der Waals surface area contributed by atoms with Crippen molar-refractivity contribution in [1.29, 1.82) is 0 Å². The summed E-state index contributed by atoms with van der Waals surface area (Å²) in [4.78, 5) is 33.9. The summed E-state index contributed by atoms with van der Waals surface area (Å²) in [6, 6.07) is 1.73. The highest BCUT2D eigenvalue weighted by atomic mass is 32.1. The number of amides is 2. The summed E-state index contributed by atoms with van der Waals surface area (Å²) in [5.74, 6) is 0.346. The Morgan fingerprint density at radius 1 is 1.16 bits per heavy atom. The average molecular weight is 521 g/mol. The summed E-state index contributed by atoms with van der Waals surface area (Å²) in [5.41, 5.74) is 3.11. The molecule has 192 valence electrons. The van der Waals surface area contributed by atoms with E-state index >= 15 is 0 Å². The van der Waals surface area contributed by atoms with Gasteiger partial charge < -0.3 is 15.4 Å². The van der Waals surface area contributed by atoms with E-state index in [9.17, 15) is 9.59 Å². The van der Waals surface area contributed by atoms with Crippen molar-refractivity contribution >= 4 is 39.4 Å². The van der Waals surface area contributed by atoms with Crippen LogP contribution in [0.25, 0.3) is 15.3 Å². The molecule has 2 amide bonds. The number of nitrogens with zero attached hydrogens (tertiary/aromatic N) is 6. The number of aryl methyl sites for hydroxylation is 2. The van der Waals surface area contributed by atoms with E-state index in [-0.39, 0.29) is 17.4 Å². The van der Waals surface area contributed by atoms with Crippen LogP contribution in [0, 0.1) is 6.92 Å². The Bertz CT molecular complexity index is 1520. The van der Waals surface area contributed by atoms with E-state index in [0.717, 1.165) is 47.1 Å². The first kappa shape index (κ1) is 23.6. The Morgan fingerprint density at radius 3 is 2.81 bits per heavy atom. The Balaban J connectivity index is 1.19. The van der Waals surface area contributed by atoms with Crippen molar-refractivity contribution in [3.63, 3.8) is 0 Å². The van der Waals surface area contributed by atoms with Crippen LogP contribution in [0.1, 0.15) is 42.7 Å². The molecule has 0 aromatic carbocycles. The van der Waals surface area contributed by atoms with Gasteiger partial charge in [0, 0.05) is 31.2 Å². The second kappa shape index (κ2) is 8.96. The van der Waals surface area contributed by atoms with Crippen LogP contribution in [0.3, 0.4) is 0 Å². The molecule has 12 heteroatoms. The first-order chi connectivity index (χ1) is 17.8. The number of ether oxygens (including phenoxy) is 1. The van der Waals surface area contributed by atoms with E-state index in [2.05, 4.69) is 44.6 Å². The first-order valence-corrected chi connectivity index (χ1v) is 13.1. The van der Waals surface area contributed by atoms with E-state index in [1.807, 2.05) is 17.8 Å². The minimum absolute atomic E-state index is 0.0468. The second-order valence-electron chi connectivity index (χ2n) is 10.0. The largest absolute Gasteiger partial charge is 0.477 e. The van der Waals surface area contributed by atoms with Crippen molar-refractivity contribution in [3.05, 3.63) is 42.1 Å². The zero-order chi connectivity index (χ0) is 25.7. The van der Waals surface area contributed by atoms with Crippen molar-refractivity contribution < 1.29 is 14.3 Å². The lowest BCUT2D eigenvalue weighted by atomic mass is 9.89. The van der Waals surface area contributed by atoms with Crippen LogP contribution in [-0.4, -0.2) is 66.3 Å². The van der Waals surface area contributed by atoms with Crippen LogP contribution in [0.15, 0.2) is 30.9 Å². The molecule has 37 heavy (non-hydrogen) atoms. The lowest BCUT2D eigenvalue weighted by Crippen LogP contribution is -2.57. The van der Waals surface area contributed by atoms with Gasteiger partial charge in [0.2, 0.25) is 11.8 Å². The monoisotopic (exact) mass is 520 g/mol. The van der Waals surface area contributed by atoms with Gasteiger partial charge in [-0.25, -0.2) is 9.20 Å². The van der Waals surface area contributed by atoms with Crippen LogP contribution in [0.5, 0.6) is 5.88 Å². The summed E-state index contributed by atoms with van der Waals surface area (Å²) < 4.78 is 9.39. The average Bonchev–Trinajstić information content (AvgIpc) is 3.58. The molecular weight excluding hydrogens is 492 g/mol. The second-order valence-corrected chi connectivity index (χ2v) is 11.1. The molecule has 2 aliphatic rings. The molecule has 0 saturated carbocycles. The molecule has 0 unspecified atom stereocenters. The number of carbonyl (C=O) groups is 2. The van der Waals surface area contributed by atoms with Gasteiger partial charge in [0.05, 0.1) is 64.8 Å². The van der Waals surface area contributed by atoms with Crippen molar-refractivity contribution in [2.75, 3.05) is 30.3 Å². The number of aromatic nitrogens is 5. The van der Waals surface area contributed by atoms with E-state index in [4.69, 9.17) is 4.74 Å². The summed E-state index contributed by atoms with van der Waals surface area (Å²) >= 11 is 1.46. The number of hydrogen-bond donors (Lipinski definition) is 2. The molecule has 0 bridgehead atoms. The normalized spacial score (nSPS) is 16.6. The molecule has 2 N–H and O–H groups in total. The number of likely N-dealkylation sites (tertiary alicyclic amines) is 1. The summed E-state index contributed by atoms with van der Waals surface area (Å²) in [7, 11) is 0. The van der Waals surface area contributed by atoms with Crippen molar-refractivity contribution in [2.24, 2.45) is 0 Å². The molecule has 11 nitrogen and oxygen atoms in total. The summed E-state index contributed by atoms with van der Waals surface area (Å²) in [6.45, 7) is 8.80. The van der Waals surface area contributed by atoms with Crippen LogP contribution < -0.4 is 15.4 Å². The summed E-state index contributed by atoms with van der Waals surface area (Å²) in [6.07, 6.45) is 8.84. The van der Waals surface area contributed by atoms with E-state index in [0.29, 0.717) is 35.8 Å². The van der Waals surface area contributed by atoms with Gasteiger partial charge in [-0.15, -0.1) is 11.3 Å². The van der Waals surface area contributed by atoms with Gasteiger partial charge in [-0.1, -0.05) is 0 Å². The van der Waals surface area contributed by atoms with Gasteiger partial charge in [0.15, 0.2) is 0 Å². The highest BCUT2D eigenvalue weighted by Gasteiger charge is 2.36. The lowest BCUT2D eigenvalue weighted by molar-refractivity contribution is -0.121. The molecule has 4 aromatic heterocycles. The third-order valence-corrected chi connectivity index (χ3v) is 8.20. The van der Waals surface area contributed by atoms with Gasteiger partial charge in [-0.2, -0.15) is 10.2 Å². The minimum Gasteiger partial charge on any atom is -0.477 e.